The van der Waals surface area contributed by atoms with Crippen molar-refractivity contribution in [3.63, 3.8) is 0 Å². The predicted molar refractivity (Wildman–Crippen MR) is 164 cm³/mol. The lowest BCUT2D eigenvalue weighted by molar-refractivity contribution is -0.152. The first-order chi connectivity index (χ1) is 19.9. The lowest BCUT2D eigenvalue weighted by atomic mass is 9.98. The van der Waals surface area contributed by atoms with Gasteiger partial charge < -0.3 is 9.84 Å². The van der Waals surface area contributed by atoms with Gasteiger partial charge in [0, 0.05) is 6.54 Å². The molecule has 2 N–H and O–H groups in total. The number of esters is 1. The van der Waals surface area contributed by atoms with E-state index in [1.165, 1.54) is 28.2 Å². The smallest absolute Gasteiger partial charge is 0.312 e. The number of anilines is 1. The molecule has 3 heterocycles. The van der Waals surface area contributed by atoms with E-state index < -0.39 is 55.3 Å². The maximum Gasteiger partial charge on any atom is 0.312 e. The molecule has 4 rings (SSSR count). The molecule has 0 spiro atoms. The summed E-state index contributed by atoms with van der Waals surface area (Å²) in [5, 5.41) is 17.3. The maximum absolute atomic E-state index is 13.5. The quantitative estimate of drug-likeness (QED) is 0.259. The second kappa shape index (κ2) is 11.7. The Hall–Kier alpha value is -3.76. The molecule has 0 saturated heterocycles. The Balaban J connectivity index is 1.83. The van der Waals surface area contributed by atoms with Crippen molar-refractivity contribution in [1.82, 2.24) is 14.5 Å². The molecule has 232 valence electrons. The minimum Gasteiger partial charge on any atom is -0.505 e. The summed E-state index contributed by atoms with van der Waals surface area (Å²) in [7, 11) is -8.43. The first-order valence-electron chi connectivity index (χ1n) is 13.2. The highest BCUT2D eigenvalue weighted by atomic mass is 32.2. The standard InChI is InChI=1S/C27H33N5O8S3/c1-16(2)11-12-31-25(34)21(23(33)22(29-31)19-8-7-13-41-19)24-28-18-10-9-17(14-20(18)43(38,39)30-24)32(42(6,36)37)15-40-26(35)27(3,4)5/h7-10,13-14,16,33H,11-12,15H2,1-6H3,(H,28,30). The third-order valence-electron chi connectivity index (χ3n) is 6.35. The van der Waals surface area contributed by atoms with Crippen molar-refractivity contribution < 1.29 is 31.5 Å². The molecule has 0 unspecified atom stereocenters. The van der Waals surface area contributed by atoms with Crippen molar-refractivity contribution >= 4 is 54.6 Å². The van der Waals surface area contributed by atoms with Gasteiger partial charge in [0.1, 0.15) is 16.2 Å². The van der Waals surface area contributed by atoms with E-state index in [0.29, 0.717) is 11.3 Å². The number of hydrogen-bond donors (Lipinski definition) is 2. The van der Waals surface area contributed by atoms with Crippen LogP contribution in [0.25, 0.3) is 10.6 Å². The van der Waals surface area contributed by atoms with E-state index in [-0.39, 0.29) is 40.0 Å². The highest BCUT2D eigenvalue weighted by Crippen LogP contribution is 2.36. The lowest BCUT2D eigenvalue weighted by Crippen LogP contribution is -2.40. The summed E-state index contributed by atoms with van der Waals surface area (Å²) >= 11 is 1.28. The van der Waals surface area contributed by atoms with E-state index in [9.17, 15) is 31.5 Å². The number of sulfonamides is 2. The molecule has 0 atom stereocenters. The molecule has 0 fully saturated rings. The molecular formula is C27H33N5O8S3. The Bertz CT molecular complexity index is 1860. The van der Waals surface area contributed by atoms with Gasteiger partial charge >= 0.3 is 5.97 Å². The Kier molecular flexibility index (Phi) is 8.77. The van der Waals surface area contributed by atoms with Gasteiger partial charge in [0.25, 0.3) is 15.6 Å². The Labute approximate surface area is 253 Å². The number of benzene rings is 1. The Morgan fingerprint density at radius 1 is 1.23 bits per heavy atom. The minimum atomic E-state index is -4.42. The van der Waals surface area contributed by atoms with Crippen molar-refractivity contribution in [3.8, 4) is 16.3 Å². The van der Waals surface area contributed by atoms with Crippen LogP contribution in [0.2, 0.25) is 0 Å². The van der Waals surface area contributed by atoms with Crippen LogP contribution in [-0.4, -0.2) is 56.5 Å². The first-order valence-corrected chi connectivity index (χ1v) is 17.4. The zero-order valence-corrected chi connectivity index (χ0v) is 26.9. The number of hydrogen-bond acceptors (Lipinski definition) is 11. The summed E-state index contributed by atoms with van der Waals surface area (Å²) in [6.07, 6.45) is 1.49. The molecule has 2 aromatic heterocycles. The van der Waals surface area contributed by atoms with Crippen molar-refractivity contribution in [2.24, 2.45) is 16.3 Å². The number of carbonyl (C=O) groups is 1. The Morgan fingerprint density at radius 2 is 1.93 bits per heavy atom. The predicted octanol–water partition coefficient (Wildman–Crippen LogP) is 3.41. The molecule has 16 heteroatoms. The molecule has 0 saturated carbocycles. The van der Waals surface area contributed by atoms with Crippen LogP contribution >= 0.6 is 11.3 Å². The number of nitrogens with zero attached hydrogens (tertiary/aromatic N) is 4. The second-order valence-electron chi connectivity index (χ2n) is 11.4. The summed E-state index contributed by atoms with van der Waals surface area (Å²) in [4.78, 5) is 30.3. The second-order valence-corrected chi connectivity index (χ2v) is 15.9. The molecule has 0 amide bonds. The number of aryl methyl sites for hydroxylation is 1. The van der Waals surface area contributed by atoms with Crippen LogP contribution in [0.5, 0.6) is 5.75 Å². The van der Waals surface area contributed by atoms with E-state index in [1.54, 1.807) is 38.3 Å². The van der Waals surface area contributed by atoms with Crippen molar-refractivity contribution in [2.75, 3.05) is 17.3 Å². The number of carbonyl (C=O) groups excluding carboxylic acids is 1. The lowest BCUT2D eigenvalue weighted by Gasteiger charge is -2.26. The molecule has 3 aromatic rings. The molecular weight excluding hydrogens is 619 g/mol. The number of nitrogens with one attached hydrogen (secondary N) is 1. The monoisotopic (exact) mass is 651 g/mol. The Morgan fingerprint density at radius 3 is 2.51 bits per heavy atom. The number of rotatable bonds is 9. The topological polar surface area (TPSA) is 177 Å². The number of aromatic nitrogens is 2. The fourth-order valence-corrected chi connectivity index (χ4v) is 6.61. The van der Waals surface area contributed by atoms with Gasteiger partial charge in [-0.2, -0.15) is 5.10 Å². The van der Waals surface area contributed by atoms with Crippen molar-refractivity contribution in [2.45, 2.75) is 52.5 Å². The zero-order chi connectivity index (χ0) is 31.9. The van der Waals surface area contributed by atoms with Crippen LogP contribution in [-0.2, 0) is 36.1 Å². The number of aliphatic imine (C=N–C) groups is 1. The molecule has 43 heavy (non-hydrogen) atoms. The van der Waals surface area contributed by atoms with Crippen LogP contribution in [0.3, 0.4) is 0 Å². The molecule has 13 nitrogen and oxygen atoms in total. The van der Waals surface area contributed by atoms with Crippen LogP contribution < -0.4 is 14.6 Å². The minimum absolute atomic E-state index is 0.0882. The van der Waals surface area contributed by atoms with Crippen molar-refractivity contribution in [1.29, 1.82) is 0 Å². The molecule has 0 radical (unpaired) electrons. The number of fused-ring (bicyclic) bond motifs is 1. The largest absolute Gasteiger partial charge is 0.505 e. The molecule has 1 aliphatic rings. The van der Waals surface area contributed by atoms with E-state index >= 15 is 0 Å². The summed E-state index contributed by atoms with van der Waals surface area (Å²) in [5.74, 6) is -1.34. The fraction of sp³-hybridized carbons (Fsp3) is 0.407. The van der Waals surface area contributed by atoms with Crippen LogP contribution in [0.1, 0.15) is 46.6 Å². The van der Waals surface area contributed by atoms with Gasteiger partial charge in [-0.3, -0.25) is 14.3 Å². The van der Waals surface area contributed by atoms with Gasteiger partial charge in [-0.15, -0.1) is 11.3 Å². The van der Waals surface area contributed by atoms with E-state index in [0.717, 1.165) is 16.6 Å². The van der Waals surface area contributed by atoms with Gasteiger partial charge in [0.05, 0.1) is 27.9 Å². The van der Waals surface area contributed by atoms with E-state index in [2.05, 4.69) is 14.8 Å². The summed E-state index contributed by atoms with van der Waals surface area (Å²) < 4.78 is 61.4. The van der Waals surface area contributed by atoms with E-state index in [1.807, 2.05) is 13.8 Å². The summed E-state index contributed by atoms with van der Waals surface area (Å²) in [6.45, 7) is 8.33. The number of thiophene rings is 1. The third kappa shape index (κ3) is 6.91. The SMILES string of the molecule is CC(C)CCn1nc(-c2cccs2)c(O)c(C2=Nc3ccc(N(COC(=O)C(C)(C)C)S(C)(=O)=O)cc3S(=O)(=O)N2)c1=O. The number of ether oxygens (including phenoxy) is 1. The molecule has 1 aliphatic heterocycles. The fourth-order valence-electron chi connectivity index (χ4n) is 3.98. The van der Waals surface area contributed by atoms with Gasteiger partial charge in [-0.1, -0.05) is 19.9 Å². The van der Waals surface area contributed by atoms with Crippen molar-refractivity contribution in [3.05, 3.63) is 51.6 Å². The third-order valence-corrected chi connectivity index (χ3v) is 9.71. The number of aromatic hydroxyl groups is 1. The molecule has 0 bridgehead atoms. The highest BCUT2D eigenvalue weighted by Gasteiger charge is 2.33. The average Bonchev–Trinajstić information content (AvgIpc) is 3.41. The summed E-state index contributed by atoms with van der Waals surface area (Å²) in [5.41, 5.74) is -2.08. The normalized spacial score (nSPS) is 14.5. The van der Waals surface area contributed by atoms with E-state index in [4.69, 9.17) is 4.74 Å². The van der Waals surface area contributed by atoms with Gasteiger partial charge in [-0.25, -0.2) is 30.8 Å². The van der Waals surface area contributed by atoms with Crippen LogP contribution in [0.15, 0.2) is 50.4 Å². The van der Waals surface area contributed by atoms with Gasteiger partial charge in [-0.05, 0) is 62.8 Å². The maximum atomic E-state index is 13.5. The highest BCUT2D eigenvalue weighted by molar-refractivity contribution is 7.92. The average molecular weight is 652 g/mol. The first kappa shape index (κ1) is 32.2. The van der Waals surface area contributed by atoms with Gasteiger partial charge in [0.15, 0.2) is 18.3 Å². The molecule has 0 aliphatic carbocycles. The van der Waals surface area contributed by atoms with Gasteiger partial charge in [0.2, 0.25) is 10.0 Å². The zero-order valence-electron chi connectivity index (χ0n) is 24.5. The summed E-state index contributed by atoms with van der Waals surface area (Å²) in [6, 6.07) is 7.11. The van der Waals surface area contributed by atoms with Crippen LogP contribution in [0, 0.1) is 11.3 Å². The molecule has 1 aromatic carbocycles. The number of amidine groups is 1. The van der Waals surface area contributed by atoms with Crippen LogP contribution in [0.4, 0.5) is 11.4 Å².